The molecule has 152 valence electrons. The Balaban J connectivity index is 1.90. The van der Waals surface area contributed by atoms with Gasteiger partial charge in [0.1, 0.15) is 12.1 Å². The molecule has 4 unspecified atom stereocenters. The number of carboxylic acid groups (broad SMARTS) is 1. The molecular formula is C17H23F4N3O2S. The lowest BCUT2D eigenvalue weighted by Gasteiger charge is -2.38. The van der Waals surface area contributed by atoms with Crippen molar-refractivity contribution >= 4 is 22.4 Å². The summed E-state index contributed by atoms with van der Waals surface area (Å²) in [5.41, 5.74) is 0.501. The van der Waals surface area contributed by atoms with Gasteiger partial charge in [-0.1, -0.05) is 13.8 Å². The summed E-state index contributed by atoms with van der Waals surface area (Å²) >= 11 is 1.01. The highest BCUT2D eigenvalue weighted by Gasteiger charge is 2.66. The van der Waals surface area contributed by atoms with Crippen LogP contribution in [0.5, 0.6) is 0 Å². The van der Waals surface area contributed by atoms with Crippen molar-refractivity contribution in [1.82, 2.24) is 10.4 Å². The van der Waals surface area contributed by atoms with E-state index in [2.05, 4.69) is 10.4 Å². The number of anilines is 1. The van der Waals surface area contributed by atoms with Gasteiger partial charge in [-0.2, -0.15) is 13.2 Å². The van der Waals surface area contributed by atoms with Crippen LogP contribution in [0.25, 0.3) is 0 Å². The van der Waals surface area contributed by atoms with Crippen molar-refractivity contribution in [3.8, 4) is 0 Å². The maximum Gasteiger partial charge on any atom is 0.413 e. The number of carboxylic acids is 1. The smallest absolute Gasteiger partial charge is 0.413 e. The van der Waals surface area contributed by atoms with E-state index in [1.807, 2.05) is 13.8 Å². The van der Waals surface area contributed by atoms with Crippen LogP contribution in [0, 0.1) is 17.8 Å². The molecule has 2 N–H and O–H groups in total. The molecule has 1 aliphatic heterocycles. The minimum absolute atomic E-state index is 0.0422. The van der Waals surface area contributed by atoms with Crippen LogP contribution in [0.15, 0.2) is 5.38 Å². The number of aromatic nitrogens is 1. The summed E-state index contributed by atoms with van der Waals surface area (Å²) in [4.78, 5) is 15.7. The van der Waals surface area contributed by atoms with E-state index < -0.39 is 29.8 Å². The quantitative estimate of drug-likeness (QED) is 0.740. The fraction of sp³-hybridized carbons (Fsp3) is 0.765. The van der Waals surface area contributed by atoms with E-state index in [0.717, 1.165) is 23.3 Å². The van der Waals surface area contributed by atoms with Gasteiger partial charge in [-0.3, -0.25) is 9.80 Å². The Morgan fingerprint density at radius 1 is 1.37 bits per heavy atom. The highest BCUT2D eigenvalue weighted by atomic mass is 32.1. The van der Waals surface area contributed by atoms with E-state index in [4.69, 9.17) is 0 Å². The average Bonchev–Trinajstić information content (AvgIpc) is 3.15. The maximum absolute atomic E-state index is 14.2. The Labute approximate surface area is 158 Å². The second kappa shape index (κ2) is 6.88. The Morgan fingerprint density at radius 2 is 2.04 bits per heavy atom. The van der Waals surface area contributed by atoms with Gasteiger partial charge in [0.25, 0.3) is 0 Å². The largest absolute Gasteiger partial charge is 0.481 e. The van der Waals surface area contributed by atoms with Crippen molar-refractivity contribution in [1.29, 1.82) is 0 Å². The molecule has 0 amide bonds. The number of hydrogen-bond donors (Lipinski definition) is 2. The van der Waals surface area contributed by atoms with Crippen LogP contribution in [0.1, 0.15) is 45.2 Å². The Kier molecular flexibility index (Phi) is 5.17. The Bertz CT molecular complexity index is 713. The molecule has 3 rings (SSSR count). The number of nitrogens with zero attached hydrogens (tertiary/aromatic N) is 2. The molecule has 6 atom stereocenters. The molecule has 1 aliphatic carbocycles. The van der Waals surface area contributed by atoms with Crippen molar-refractivity contribution in [2.24, 2.45) is 17.8 Å². The number of halogens is 4. The zero-order valence-electron chi connectivity index (χ0n) is 15.3. The van der Waals surface area contributed by atoms with Crippen LogP contribution in [-0.4, -0.2) is 40.5 Å². The number of aliphatic carboxylic acids is 1. The Hall–Kier alpha value is -1.42. The molecule has 2 fully saturated rings. The number of nitrogens with one attached hydrogen (secondary N) is 1. The van der Waals surface area contributed by atoms with Gasteiger partial charge in [0.15, 0.2) is 5.54 Å². The lowest BCUT2D eigenvalue weighted by atomic mass is 9.73. The molecule has 5 nitrogen and oxygen atoms in total. The first-order chi connectivity index (χ1) is 12.5. The minimum atomic E-state index is -4.77. The predicted molar refractivity (Wildman–Crippen MR) is 93.4 cm³/mol. The molecule has 2 heterocycles. The highest BCUT2D eigenvalue weighted by molar-refractivity contribution is 7.13. The predicted octanol–water partition coefficient (Wildman–Crippen LogP) is 3.98. The molecule has 10 heteroatoms. The summed E-state index contributed by atoms with van der Waals surface area (Å²) in [7, 11) is 0. The average molecular weight is 409 g/mol. The van der Waals surface area contributed by atoms with Crippen molar-refractivity contribution in [2.45, 2.75) is 57.4 Å². The zero-order valence-corrected chi connectivity index (χ0v) is 16.1. The zero-order chi connectivity index (χ0) is 20.1. The second-order valence-electron chi connectivity index (χ2n) is 7.84. The lowest BCUT2D eigenvalue weighted by Crippen LogP contribution is -2.60. The molecule has 0 aromatic carbocycles. The first-order valence-corrected chi connectivity index (χ1v) is 9.77. The van der Waals surface area contributed by atoms with Crippen molar-refractivity contribution < 1.29 is 27.5 Å². The van der Waals surface area contributed by atoms with Crippen molar-refractivity contribution in [3.63, 3.8) is 0 Å². The van der Waals surface area contributed by atoms with Gasteiger partial charge >= 0.3 is 12.1 Å². The molecule has 27 heavy (non-hydrogen) atoms. The van der Waals surface area contributed by atoms with E-state index >= 15 is 0 Å². The SMILES string of the molecule is CC1CC(C)[C@H](c2csc(N3NCC(C(=O)O)[C@@]3(C)C(F)(F)F)n2)CC1F. The van der Waals surface area contributed by atoms with Gasteiger partial charge in [0.05, 0.1) is 5.69 Å². The number of hydrogen-bond acceptors (Lipinski definition) is 5. The van der Waals surface area contributed by atoms with Gasteiger partial charge in [-0.15, -0.1) is 11.3 Å². The van der Waals surface area contributed by atoms with Gasteiger partial charge in [0, 0.05) is 17.8 Å². The molecule has 1 saturated heterocycles. The molecule has 0 bridgehead atoms. The third kappa shape index (κ3) is 3.30. The van der Waals surface area contributed by atoms with E-state index in [9.17, 15) is 27.5 Å². The fourth-order valence-electron chi connectivity index (χ4n) is 4.19. The molecule has 0 spiro atoms. The topological polar surface area (TPSA) is 65.5 Å². The summed E-state index contributed by atoms with van der Waals surface area (Å²) in [6, 6.07) is 0. The first kappa shape index (κ1) is 20.3. The van der Waals surface area contributed by atoms with Gasteiger partial charge in [-0.05, 0) is 31.6 Å². The van der Waals surface area contributed by atoms with Crippen molar-refractivity contribution in [3.05, 3.63) is 11.1 Å². The molecule has 0 radical (unpaired) electrons. The number of hydrazine groups is 1. The standard InChI is InChI=1S/C17H23F4N3O2S/c1-8-4-9(2)12(18)5-10(8)13-7-27-15(23-13)24-16(3,17(19,20)21)11(6-22-24)14(25)26/h7-12,22H,4-6H2,1-3H3,(H,25,26)/t8?,9?,10-,11?,12?,16+/m1/s1. The van der Waals surface area contributed by atoms with E-state index in [0.29, 0.717) is 18.5 Å². The van der Waals surface area contributed by atoms with E-state index in [-0.39, 0.29) is 29.4 Å². The van der Waals surface area contributed by atoms with Crippen LogP contribution >= 0.6 is 11.3 Å². The number of alkyl halides is 4. The van der Waals surface area contributed by atoms with E-state index in [1.54, 1.807) is 5.38 Å². The van der Waals surface area contributed by atoms with Crippen LogP contribution in [0.2, 0.25) is 0 Å². The monoisotopic (exact) mass is 409 g/mol. The molecule has 1 aromatic rings. The summed E-state index contributed by atoms with van der Waals surface area (Å²) in [5.74, 6) is -3.20. The molecule has 1 saturated carbocycles. The molecule has 1 aromatic heterocycles. The van der Waals surface area contributed by atoms with Crippen LogP contribution < -0.4 is 10.4 Å². The van der Waals surface area contributed by atoms with Gasteiger partial charge in [0.2, 0.25) is 5.13 Å². The third-order valence-electron chi connectivity index (χ3n) is 6.08. The van der Waals surface area contributed by atoms with Crippen LogP contribution in [0.3, 0.4) is 0 Å². The Morgan fingerprint density at radius 3 is 2.63 bits per heavy atom. The minimum Gasteiger partial charge on any atom is -0.481 e. The summed E-state index contributed by atoms with van der Waals surface area (Å²) < 4.78 is 55.5. The third-order valence-corrected chi connectivity index (χ3v) is 6.92. The summed E-state index contributed by atoms with van der Waals surface area (Å²) in [5, 5.41) is 11.8. The lowest BCUT2D eigenvalue weighted by molar-refractivity contribution is -0.196. The normalized spacial score (nSPS) is 37.6. The first-order valence-electron chi connectivity index (χ1n) is 8.89. The number of rotatable bonds is 3. The summed E-state index contributed by atoms with van der Waals surface area (Å²) in [6.45, 7) is 4.39. The maximum atomic E-state index is 14.2. The fourth-order valence-corrected chi connectivity index (χ4v) is 5.16. The van der Waals surface area contributed by atoms with Crippen LogP contribution in [-0.2, 0) is 4.79 Å². The number of carbonyl (C=O) groups is 1. The second-order valence-corrected chi connectivity index (χ2v) is 8.67. The summed E-state index contributed by atoms with van der Waals surface area (Å²) in [6.07, 6.45) is -4.74. The van der Waals surface area contributed by atoms with Crippen LogP contribution in [0.4, 0.5) is 22.7 Å². The van der Waals surface area contributed by atoms with Crippen molar-refractivity contribution in [2.75, 3.05) is 11.6 Å². The molecular weight excluding hydrogens is 386 g/mol. The van der Waals surface area contributed by atoms with Gasteiger partial charge < -0.3 is 5.11 Å². The number of thiazole rings is 1. The molecule has 2 aliphatic rings. The highest BCUT2D eigenvalue weighted by Crippen LogP contribution is 2.47. The van der Waals surface area contributed by atoms with Gasteiger partial charge in [-0.25, -0.2) is 14.8 Å². The van der Waals surface area contributed by atoms with E-state index in [1.165, 1.54) is 0 Å².